The molecule has 1 aromatic heterocycles. The first-order valence-electron chi connectivity index (χ1n) is 8.33. The fraction of sp³-hybridized carbons (Fsp3) is 0.333. The number of carbonyl (C=O) groups excluding carboxylic acids is 1. The Balaban J connectivity index is 0.000000244. The number of nitrogens with zero attached hydrogens (tertiary/aromatic N) is 2. The number of alkyl halides is 3. The third-order valence-electron chi connectivity index (χ3n) is 3.94. The Morgan fingerprint density at radius 1 is 1.19 bits per heavy atom. The Kier molecular flexibility index (Phi) is 7.00. The van der Waals surface area contributed by atoms with Gasteiger partial charge in [0.05, 0.1) is 5.56 Å². The number of amides is 1. The molecule has 2 heterocycles. The Morgan fingerprint density at radius 2 is 1.81 bits per heavy atom. The normalized spacial score (nSPS) is 14.3. The summed E-state index contributed by atoms with van der Waals surface area (Å²) in [5, 5.41) is 13.2. The van der Waals surface area contributed by atoms with E-state index in [1.807, 2.05) is 6.07 Å². The first-order valence-corrected chi connectivity index (χ1v) is 8.33. The van der Waals surface area contributed by atoms with Crippen molar-refractivity contribution in [1.29, 1.82) is 0 Å². The molecular formula is C18H21F3N4O2. The molecule has 146 valence electrons. The Morgan fingerprint density at radius 3 is 2.33 bits per heavy atom. The maximum atomic E-state index is 12.9. The summed E-state index contributed by atoms with van der Waals surface area (Å²) in [6, 6.07) is 9.21. The van der Waals surface area contributed by atoms with E-state index in [4.69, 9.17) is 5.73 Å². The summed E-state index contributed by atoms with van der Waals surface area (Å²) in [6.07, 6.45) is -2.01. The number of nitrogens with two attached hydrogens (primary N) is 1. The Hall–Kier alpha value is -2.81. The van der Waals surface area contributed by atoms with Gasteiger partial charge in [0.1, 0.15) is 6.09 Å². The lowest BCUT2D eigenvalue weighted by atomic mass is 10.1. The van der Waals surface area contributed by atoms with E-state index in [0.717, 1.165) is 19.2 Å². The minimum atomic E-state index is -4.39. The number of hydrogen-bond acceptors (Lipinski definition) is 4. The first kappa shape index (κ1) is 20.5. The van der Waals surface area contributed by atoms with Gasteiger partial charge in [-0.3, -0.25) is 0 Å². The summed E-state index contributed by atoms with van der Waals surface area (Å²) < 4.78 is 40.3. The zero-order valence-electron chi connectivity index (χ0n) is 14.6. The van der Waals surface area contributed by atoms with Crippen molar-refractivity contribution in [3.63, 3.8) is 0 Å². The molecule has 0 aliphatic carbocycles. The molecule has 2 aromatic rings. The van der Waals surface area contributed by atoms with Crippen LogP contribution in [0.1, 0.15) is 11.1 Å². The second-order valence-corrected chi connectivity index (χ2v) is 5.97. The van der Waals surface area contributed by atoms with Gasteiger partial charge in [-0.25, -0.2) is 4.57 Å². The van der Waals surface area contributed by atoms with Crippen LogP contribution in [0.4, 0.5) is 23.7 Å². The summed E-state index contributed by atoms with van der Waals surface area (Å²) in [6.45, 7) is 2.77. The van der Waals surface area contributed by atoms with E-state index in [0.29, 0.717) is 13.1 Å². The molecule has 0 spiro atoms. The molecule has 1 aliphatic rings. The van der Waals surface area contributed by atoms with E-state index in [9.17, 15) is 23.1 Å². The number of anilines is 1. The minimum absolute atomic E-state index is 0.115. The lowest BCUT2D eigenvalue weighted by molar-refractivity contribution is -0.688. The second-order valence-electron chi connectivity index (χ2n) is 5.97. The molecular weight excluding hydrogens is 361 g/mol. The number of carbonyl (C=O) groups is 1. The van der Waals surface area contributed by atoms with Gasteiger partial charge in [0.2, 0.25) is 0 Å². The van der Waals surface area contributed by atoms with E-state index in [2.05, 4.69) is 5.32 Å². The van der Waals surface area contributed by atoms with Crippen molar-refractivity contribution in [1.82, 2.24) is 10.2 Å². The van der Waals surface area contributed by atoms with Crippen molar-refractivity contribution in [2.45, 2.75) is 12.7 Å². The van der Waals surface area contributed by atoms with Crippen molar-refractivity contribution >= 4 is 11.8 Å². The summed E-state index contributed by atoms with van der Waals surface area (Å²) in [5.41, 5.74) is 5.05. The lowest BCUT2D eigenvalue weighted by Gasteiger charge is -2.29. The van der Waals surface area contributed by atoms with Gasteiger partial charge in [-0.15, -0.1) is 0 Å². The third kappa shape index (κ3) is 6.45. The summed E-state index contributed by atoms with van der Waals surface area (Å²) >= 11 is 0. The van der Waals surface area contributed by atoms with Crippen molar-refractivity contribution in [3.05, 3.63) is 59.9 Å². The predicted octanol–water partition coefficient (Wildman–Crippen LogP) is 0.858. The highest BCUT2D eigenvalue weighted by Crippen LogP contribution is 2.33. The topological polar surface area (TPSA) is 85.3 Å². The molecule has 1 amide bonds. The number of pyridine rings is 1. The van der Waals surface area contributed by atoms with Crippen LogP contribution in [-0.2, 0) is 12.7 Å². The maximum Gasteiger partial charge on any atom is 0.416 e. The van der Waals surface area contributed by atoms with Gasteiger partial charge in [0.25, 0.3) is 0 Å². The molecule has 0 saturated carbocycles. The van der Waals surface area contributed by atoms with Crippen LogP contribution >= 0.6 is 0 Å². The molecule has 27 heavy (non-hydrogen) atoms. The molecule has 9 heteroatoms. The smallest absolute Gasteiger partial charge is 0.416 e. The van der Waals surface area contributed by atoms with Crippen LogP contribution in [0.25, 0.3) is 0 Å². The molecule has 6 nitrogen and oxygen atoms in total. The maximum absolute atomic E-state index is 12.9. The van der Waals surface area contributed by atoms with Gasteiger partial charge in [-0.1, -0.05) is 12.1 Å². The molecule has 1 aromatic carbocycles. The van der Waals surface area contributed by atoms with Crippen molar-refractivity contribution in [3.8, 4) is 0 Å². The predicted molar refractivity (Wildman–Crippen MR) is 91.4 cm³/mol. The quantitative estimate of drug-likeness (QED) is 0.596. The zero-order valence-corrected chi connectivity index (χ0v) is 14.6. The van der Waals surface area contributed by atoms with Crippen LogP contribution in [0.15, 0.2) is 48.8 Å². The van der Waals surface area contributed by atoms with Gasteiger partial charge < -0.3 is 25.9 Å². The summed E-state index contributed by atoms with van der Waals surface area (Å²) in [5.74, 6) is 0. The monoisotopic (exact) mass is 382 g/mol. The van der Waals surface area contributed by atoms with Crippen molar-refractivity contribution in [2.24, 2.45) is 0 Å². The van der Waals surface area contributed by atoms with Crippen LogP contribution < -0.4 is 20.7 Å². The van der Waals surface area contributed by atoms with Gasteiger partial charge in [0, 0.05) is 49.6 Å². The van der Waals surface area contributed by atoms with Crippen LogP contribution in [0.5, 0.6) is 0 Å². The SMILES string of the molecule is Nc1ccc(C[n+]2ccccc2)c(C(F)(F)F)c1.O=C([O-])N1CCNCC1. The van der Waals surface area contributed by atoms with Gasteiger partial charge in [0.15, 0.2) is 18.9 Å². The molecule has 0 bridgehead atoms. The fourth-order valence-corrected chi connectivity index (χ4v) is 2.58. The van der Waals surface area contributed by atoms with Crippen LogP contribution in [-0.4, -0.2) is 37.2 Å². The van der Waals surface area contributed by atoms with Gasteiger partial charge >= 0.3 is 6.18 Å². The number of halogens is 3. The van der Waals surface area contributed by atoms with E-state index < -0.39 is 17.8 Å². The number of nitrogens with one attached hydrogen (secondary N) is 1. The Labute approximate surface area is 155 Å². The Bertz CT molecular complexity index is 748. The average molecular weight is 382 g/mol. The molecule has 0 unspecified atom stereocenters. The third-order valence-corrected chi connectivity index (χ3v) is 3.94. The summed E-state index contributed by atoms with van der Waals surface area (Å²) in [4.78, 5) is 11.4. The minimum Gasteiger partial charge on any atom is -0.530 e. The van der Waals surface area contributed by atoms with E-state index in [-0.39, 0.29) is 17.8 Å². The van der Waals surface area contributed by atoms with Crippen LogP contribution in [0.3, 0.4) is 0 Å². The number of carboxylic acid groups (broad SMARTS) is 1. The highest BCUT2D eigenvalue weighted by Gasteiger charge is 2.34. The number of piperazine rings is 1. The number of benzene rings is 1. The van der Waals surface area contributed by atoms with Gasteiger partial charge in [-0.05, 0) is 12.1 Å². The first-order chi connectivity index (χ1) is 12.8. The fourth-order valence-electron chi connectivity index (χ4n) is 2.58. The zero-order chi connectivity index (χ0) is 19.9. The molecule has 0 radical (unpaired) electrons. The highest BCUT2D eigenvalue weighted by molar-refractivity contribution is 5.62. The van der Waals surface area contributed by atoms with E-state index in [1.54, 1.807) is 29.1 Å². The molecule has 1 fully saturated rings. The lowest BCUT2D eigenvalue weighted by Crippen LogP contribution is -2.51. The number of rotatable bonds is 2. The van der Waals surface area contributed by atoms with E-state index in [1.165, 1.54) is 17.0 Å². The molecule has 3 N–H and O–H groups in total. The molecule has 3 rings (SSSR count). The average Bonchev–Trinajstić information content (AvgIpc) is 2.64. The summed E-state index contributed by atoms with van der Waals surface area (Å²) in [7, 11) is 0. The largest absolute Gasteiger partial charge is 0.530 e. The van der Waals surface area contributed by atoms with Crippen LogP contribution in [0.2, 0.25) is 0 Å². The van der Waals surface area contributed by atoms with E-state index >= 15 is 0 Å². The molecule has 0 atom stereocenters. The number of nitrogen functional groups attached to an aromatic ring is 1. The van der Waals surface area contributed by atoms with Gasteiger partial charge in [-0.2, -0.15) is 13.2 Å². The van der Waals surface area contributed by atoms with Crippen LogP contribution in [0, 0.1) is 0 Å². The standard InChI is InChI=1S/C13H12F3N2.C5H10N2O2/c14-13(15,16)12-8-11(17)5-4-10(12)9-18-6-2-1-3-7-18;8-5(9)7-3-1-6-2-4-7/h1-8H,9,17H2;6H,1-4H2,(H,8,9)/q+1;/p-1. The molecule has 1 saturated heterocycles. The van der Waals surface area contributed by atoms with Crippen molar-refractivity contribution < 1.29 is 27.6 Å². The highest BCUT2D eigenvalue weighted by atomic mass is 19.4. The number of aromatic nitrogens is 1. The number of hydrogen-bond donors (Lipinski definition) is 2. The molecule has 1 aliphatic heterocycles. The second kappa shape index (κ2) is 9.22. The van der Waals surface area contributed by atoms with Crippen molar-refractivity contribution in [2.75, 3.05) is 31.9 Å².